The molecule has 0 radical (unpaired) electrons. The van der Waals surface area contributed by atoms with Crippen LogP contribution in [0.4, 0.5) is 0 Å². The highest BCUT2D eigenvalue weighted by Crippen LogP contribution is 2.23. The van der Waals surface area contributed by atoms with Gasteiger partial charge in [0.1, 0.15) is 0 Å². The molecule has 1 nitrogen and oxygen atoms in total. The van der Waals surface area contributed by atoms with Crippen molar-refractivity contribution >= 4 is 27.3 Å². The van der Waals surface area contributed by atoms with Crippen molar-refractivity contribution < 1.29 is 0 Å². The van der Waals surface area contributed by atoms with Gasteiger partial charge in [0.2, 0.25) is 0 Å². The van der Waals surface area contributed by atoms with Crippen LogP contribution < -0.4 is 0 Å². The van der Waals surface area contributed by atoms with Crippen LogP contribution in [0, 0.1) is 0 Å². The van der Waals surface area contributed by atoms with Crippen LogP contribution >= 0.6 is 27.3 Å². The summed E-state index contributed by atoms with van der Waals surface area (Å²) in [5, 5.41) is 3.35. The Hall–Kier alpha value is 0.140. The van der Waals surface area contributed by atoms with Crippen LogP contribution in [-0.4, -0.2) is 23.3 Å². The van der Waals surface area contributed by atoms with E-state index in [0.717, 1.165) is 5.33 Å². The lowest BCUT2D eigenvalue weighted by atomic mass is 10.1. The standard InChI is InChI=1S/C10H14BrNS/c11-4-1-5-12-6-2-10-9(8-12)3-7-13-10/h3,7H,1-2,4-6,8H2. The first kappa shape index (κ1) is 9.69. The van der Waals surface area contributed by atoms with E-state index in [1.165, 1.54) is 32.5 Å². The van der Waals surface area contributed by atoms with Crippen molar-refractivity contribution in [1.29, 1.82) is 0 Å². The Kier molecular flexibility index (Phi) is 3.41. The van der Waals surface area contributed by atoms with Gasteiger partial charge in [-0.25, -0.2) is 0 Å². The van der Waals surface area contributed by atoms with Gasteiger partial charge in [-0.15, -0.1) is 11.3 Å². The largest absolute Gasteiger partial charge is 0.299 e. The van der Waals surface area contributed by atoms with Crippen molar-refractivity contribution in [2.75, 3.05) is 18.4 Å². The Bertz CT molecular complexity index is 272. The van der Waals surface area contributed by atoms with Gasteiger partial charge in [-0.1, -0.05) is 15.9 Å². The lowest BCUT2D eigenvalue weighted by Crippen LogP contribution is -2.30. The highest BCUT2D eigenvalue weighted by molar-refractivity contribution is 9.09. The Morgan fingerprint density at radius 1 is 1.54 bits per heavy atom. The third kappa shape index (κ3) is 2.33. The maximum absolute atomic E-state index is 3.48. The first-order valence-corrected chi connectivity index (χ1v) is 6.74. The molecule has 0 aliphatic carbocycles. The fourth-order valence-corrected chi connectivity index (χ4v) is 2.92. The summed E-state index contributed by atoms with van der Waals surface area (Å²) in [4.78, 5) is 4.16. The zero-order valence-electron chi connectivity index (χ0n) is 7.63. The molecular weight excluding hydrogens is 246 g/mol. The van der Waals surface area contributed by atoms with Crippen molar-refractivity contribution in [3.05, 3.63) is 21.9 Å². The lowest BCUT2D eigenvalue weighted by Gasteiger charge is -2.26. The number of nitrogens with zero attached hydrogens (tertiary/aromatic N) is 1. The quantitative estimate of drug-likeness (QED) is 0.755. The summed E-state index contributed by atoms with van der Waals surface area (Å²) in [6.45, 7) is 3.66. The first-order chi connectivity index (χ1) is 6.40. The molecule has 0 atom stereocenters. The van der Waals surface area contributed by atoms with E-state index < -0.39 is 0 Å². The summed E-state index contributed by atoms with van der Waals surface area (Å²) >= 11 is 5.39. The predicted octanol–water partition coefficient (Wildman–Crippen LogP) is 2.89. The van der Waals surface area contributed by atoms with Crippen molar-refractivity contribution in [1.82, 2.24) is 4.90 Å². The molecule has 1 aliphatic rings. The number of hydrogen-bond acceptors (Lipinski definition) is 2. The van der Waals surface area contributed by atoms with Crippen molar-refractivity contribution in [3.8, 4) is 0 Å². The van der Waals surface area contributed by atoms with Gasteiger partial charge in [0, 0.05) is 23.3 Å². The van der Waals surface area contributed by atoms with Crippen molar-refractivity contribution in [3.63, 3.8) is 0 Å². The summed E-state index contributed by atoms with van der Waals surface area (Å²) in [7, 11) is 0. The van der Waals surface area contributed by atoms with Gasteiger partial charge in [-0.2, -0.15) is 0 Å². The van der Waals surface area contributed by atoms with E-state index in [1.54, 1.807) is 10.4 Å². The molecule has 2 rings (SSSR count). The van der Waals surface area contributed by atoms with Crippen LogP contribution in [0.15, 0.2) is 11.4 Å². The maximum atomic E-state index is 3.48. The second-order valence-corrected chi connectivity index (χ2v) is 5.23. The van der Waals surface area contributed by atoms with Gasteiger partial charge in [-0.05, 0) is 36.4 Å². The number of rotatable bonds is 3. The molecule has 0 unspecified atom stereocenters. The normalized spacial score (nSPS) is 17.3. The van der Waals surface area contributed by atoms with Crippen LogP contribution in [0.25, 0.3) is 0 Å². The molecule has 1 aromatic heterocycles. The van der Waals surface area contributed by atoms with Gasteiger partial charge in [0.15, 0.2) is 0 Å². The molecule has 0 amide bonds. The number of fused-ring (bicyclic) bond motifs is 1. The summed E-state index contributed by atoms with van der Waals surface area (Å²) in [6.07, 6.45) is 2.52. The van der Waals surface area contributed by atoms with E-state index >= 15 is 0 Å². The number of halogens is 1. The Morgan fingerprint density at radius 2 is 2.46 bits per heavy atom. The van der Waals surface area contributed by atoms with E-state index in [0.29, 0.717) is 0 Å². The molecule has 2 heterocycles. The molecule has 72 valence electrons. The molecule has 0 N–H and O–H groups in total. The predicted molar refractivity (Wildman–Crippen MR) is 61.7 cm³/mol. The van der Waals surface area contributed by atoms with Crippen LogP contribution in [0.1, 0.15) is 16.9 Å². The Labute approximate surface area is 91.9 Å². The molecule has 0 saturated heterocycles. The Morgan fingerprint density at radius 3 is 3.31 bits per heavy atom. The van der Waals surface area contributed by atoms with Gasteiger partial charge < -0.3 is 0 Å². The number of alkyl halides is 1. The van der Waals surface area contributed by atoms with Crippen molar-refractivity contribution in [2.24, 2.45) is 0 Å². The molecule has 13 heavy (non-hydrogen) atoms. The van der Waals surface area contributed by atoms with Gasteiger partial charge in [-0.3, -0.25) is 4.90 Å². The molecule has 0 fully saturated rings. The fraction of sp³-hybridized carbons (Fsp3) is 0.600. The average molecular weight is 260 g/mol. The molecule has 0 spiro atoms. The van der Waals surface area contributed by atoms with Crippen LogP contribution in [0.3, 0.4) is 0 Å². The second-order valence-electron chi connectivity index (χ2n) is 3.44. The minimum Gasteiger partial charge on any atom is -0.299 e. The van der Waals surface area contributed by atoms with E-state index in [-0.39, 0.29) is 0 Å². The van der Waals surface area contributed by atoms with Crippen LogP contribution in [-0.2, 0) is 13.0 Å². The fourth-order valence-electron chi connectivity index (χ4n) is 1.78. The first-order valence-electron chi connectivity index (χ1n) is 4.73. The van der Waals surface area contributed by atoms with Crippen LogP contribution in [0.5, 0.6) is 0 Å². The van der Waals surface area contributed by atoms with E-state index in [1.807, 2.05) is 11.3 Å². The summed E-state index contributed by atoms with van der Waals surface area (Å²) < 4.78 is 0. The molecule has 1 aliphatic heterocycles. The highest BCUT2D eigenvalue weighted by atomic mass is 79.9. The van der Waals surface area contributed by atoms with E-state index in [2.05, 4.69) is 32.3 Å². The topological polar surface area (TPSA) is 3.24 Å². The zero-order valence-corrected chi connectivity index (χ0v) is 10.0. The summed E-state index contributed by atoms with van der Waals surface area (Å²) in [5.41, 5.74) is 1.56. The smallest absolute Gasteiger partial charge is 0.0244 e. The second kappa shape index (κ2) is 4.58. The van der Waals surface area contributed by atoms with Crippen LogP contribution in [0.2, 0.25) is 0 Å². The monoisotopic (exact) mass is 259 g/mol. The highest BCUT2D eigenvalue weighted by Gasteiger charge is 2.15. The SMILES string of the molecule is BrCCCN1CCc2sccc2C1. The molecule has 3 heteroatoms. The van der Waals surface area contributed by atoms with E-state index in [9.17, 15) is 0 Å². The van der Waals surface area contributed by atoms with Gasteiger partial charge in [0.25, 0.3) is 0 Å². The number of thiophene rings is 1. The van der Waals surface area contributed by atoms with Gasteiger partial charge >= 0.3 is 0 Å². The molecule has 1 aromatic rings. The van der Waals surface area contributed by atoms with E-state index in [4.69, 9.17) is 0 Å². The third-order valence-corrected chi connectivity index (χ3v) is 4.08. The number of hydrogen-bond donors (Lipinski definition) is 0. The van der Waals surface area contributed by atoms with Crippen molar-refractivity contribution in [2.45, 2.75) is 19.4 Å². The minimum atomic E-state index is 1.12. The molecule has 0 bridgehead atoms. The lowest BCUT2D eigenvalue weighted by molar-refractivity contribution is 0.257. The minimum absolute atomic E-state index is 1.12. The molecular formula is C10H14BrNS. The third-order valence-electron chi connectivity index (χ3n) is 2.49. The average Bonchev–Trinajstić information content (AvgIpc) is 2.61. The molecule has 0 aromatic carbocycles. The molecule has 0 saturated carbocycles. The Balaban J connectivity index is 1.93. The summed E-state index contributed by atoms with van der Waals surface area (Å²) in [5.74, 6) is 0. The maximum Gasteiger partial charge on any atom is 0.0244 e. The zero-order chi connectivity index (χ0) is 9.10. The van der Waals surface area contributed by atoms with Gasteiger partial charge in [0.05, 0.1) is 0 Å². The summed E-state index contributed by atoms with van der Waals surface area (Å²) in [6, 6.07) is 2.28.